The van der Waals surface area contributed by atoms with E-state index in [4.69, 9.17) is 5.11 Å². The Bertz CT molecular complexity index is 374. The van der Waals surface area contributed by atoms with Gasteiger partial charge < -0.3 is 5.11 Å². The van der Waals surface area contributed by atoms with E-state index in [0.29, 0.717) is 12.1 Å². The van der Waals surface area contributed by atoms with Gasteiger partial charge in [0.1, 0.15) is 0 Å². The summed E-state index contributed by atoms with van der Waals surface area (Å²) in [6.45, 7) is 3.58. The maximum absolute atomic E-state index is 9.00. The SMILES string of the molecule is C[C@@H]1CC=C[C@H](CCCO)N1Cc1ccccc1. The molecule has 18 heavy (non-hydrogen) atoms. The Balaban J connectivity index is 2.04. The molecule has 1 aromatic carbocycles. The molecule has 2 atom stereocenters. The first-order chi connectivity index (χ1) is 8.81. The molecule has 0 bridgehead atoms. The first-order valence-electron chi connectivity index (χ1n) is 6.88. The topological polar surface area (TPSA) is 23.5 Å². The van der Waals surface area contributed by atoms with Gasteiger partial charge in [-0.15, -0.1) is 0 Å². The minimum atomic E-state index is 0.290. The molecule has 0 saturated carbocycles. The summed E-state index contributed by atoms with van der Waals surface area (Å²) in [5.41, 5.74) is 1.37. The van der Waals surface area contributed by atoms with Crippen molar-refractivity contribution < 1.29 is 5.11 Å². The Kier molecular flexibility index (Phi) is 4.97. The third kappa shape index (κ3) is 3.44. The van der Waals surface area contributed by atoms with Crippen molar-refractivity contribution in [2.75, 3.05) is 6.61 Å². The molecule has 2 rings (SSSR count). The van der Waals surface area contributed by atoms with Gasteiger partial charge in [-0.2, -0.15) is 0 Å². The highest BCUT2D eigenvalue weighted by molar-refractivity contribution is 5.16. The molecule has 2 nitrogen and oxygen atoms in total. The number of benzene rings is 1. The first-order valence-corrected chi connectivity index (χ1v) is 6.88. The summed E-state index contributed by atoms with van der Waals surface area (Å²) in [6, 6.07) is 11.7. The van der Waals surface area contributed by atoms with Crippen molar-refractivity contribution in [3.8, 4) is 0 Å². The van der Waals surface area contributed by atoms with Crippen LogP contribution in [0.4, 0.5) is 0 Å². The third-order valence-electron chi connectivity index (χ3n) is 3.69. The molecule has 0 aliphatic carbocycles. The predicted octanol–water partition coefficient (Wildman–Crippen LogP) is 2.98. The summed E-state index contributed by atoms with van der Waals surface area (Å²) < 4.78 is 0. The number of aliphatic hydroxyl groups excluding tert-OH is 1. The number of aliphatic hydroxyl groups is 1. The quantitative estimate of drug-likeness (QED) is 0.806. The third-order valence-corrected chi connectivity index (χ3v) is 3.69. The highest BCUT2D eigenvalue weighted by Gasteiger charge is 2.23. The van der Waals surface area contributed by atoms with Gasteiger partial charge >= 0.3 is 0 Å². The van der Waals surface area contributed by atoms with Crippen molar-refractivity contribution in [3.63, 3.8) is 0 Å². The number of hydrogen-bond donors (Lipinski definition) is 1. The molecule has 0 spiro atoms. The monoisotopic (exact) mass is 245 g/mol. The number of rotatable bonds is 5. The fourth-order valence-electron chi connectivity index (χ4n) is 2.64. The molecular weight excluding hydrogens is 222 g/mol. The van der Waals surface area contributed by atoms with Gasteiger partial charge in [0.15, 0.2) is 0 Å². The van der Waals surface area contributed by atoms with Crippen LogP contribution in [0.2, 0.25) is 0 Å². The molecule has 1 aliphatic heterocycles. The van der Waals surface area contributed by atoms with Crippen LogP contribution in [-0.4, -0.2) is 28.7 Å². The lowest BCUT2D eigenvalue weighted by atomic mass is 9.99. The molecule has 0 saturated heterocycles. The van der Waals surface area contributed by atoms with E-state index in [1.165, 1.54) is 5.56 Å². The summed E-state index contributed by atoms with van der Waals surface area (Å²) in [6.07, 6.45) is 7.65. The van der Waals surface area contributed by atoms with E-state index < -0.39 is 0 Å². The summed E-state index contributed by atoms with van der Waals surface area (Å²) in [4.78, 5) is 2.55. The molecule has 0 aromatic heterocycles. The van der Waals surface area contributed by atoms with Crippen molar-refractivity contribution >= 4 is 0 Å². The van der Waals surface area contributed by atoms with Crippen LogP contribution in [-0.2, 0) is 6.54 Å². The molecule has 0 radical (unpaired) electrons. The first kappa shape index (κ1) is 13.3. The average molecular weight is 245 g/mol. The van der Waals surface area contributed by atoms with Gasteiger partial charge in [-0.1, -0.05) is 42.5 Å². The molecular formula is C16H23NO. The molecule has 0 unspecified atom stereocenters. The van der Waals surface area contributed by atoms with Gasteiger partial charge in [0.05, 0.1) is 0 Å². The zero-order chi connectivity index (χ0) is 12.8. The van der Waals surface area contributed by atoms with Crippen LogP contribution in [0.3, 0.4) is 0 Å². The van der Waals surface area contributed by atoms with E-state index in [0.717, 1.165) is 25.8 Å². The summed E-state index contributed by atoms with van der Waals surface area (Å²) in [5.74, 6) is 0. The van der Waals surface area contributed by atoms with Crippen LogP contribution in [0, 0.1) is 0 Å². The second-order valence-corrected chi connectivity index (χ2v) is 5.10. The molecule has 1 N–H and O–H groups in total. The Morgan fingerprint density at radius 2 is 2.06 bits per heavy atom. The van der Waals surface area contributed by atoms with E-state index in [-0.39, 0.29) is 6.61 Å². The lowest BCUT2D eigenvalue weighted by molar-refractivity contribution is 0.137. The van der Waals surface area contributed by atoms with E-state index >= 15 is 0 Å². The maximum atomic E-state index is 9.00. The maximum Gasteiger partial charge on any atom is 0.0431 e. The minimum Gasteiger partial charge on any atom is -0.396 e. The van der Waals surface area contributed by atoms with Gasteiger partial charge in [0.2, 0.25) is 0 Å². The standard InChI is InChI=1S/C16H23NO/c1-14-7-5-10-16(11-6-12-18)17(14)13-15-8-3-2-4-9-15/h2-5,8-10,14,16,18H,6-7,11-13H2,1H3/t14-,16-/m1/s1. The summed E-state index contributed by atoms with van der Waals surface area (Å²) in [5, 5.41) is 9.00. The summed E-state index contributed by atoms with van der Waals surface area (Å²) >= 11 is 0. The lowest BCUT2D eigenvalue weighted by Crippen LogP contribution is -2.42. The highest BCUT2D eigenvalue weighted by atomic mass is 16.2. The van der Waals surface area contributed by atoms with Crippen LogP contribution >= 0.6 is 0 Å². The van der Waals surface area contributed by atoms with E-state index in [9.17, 15) is 0 Å². The number of nitrogens with zero attached hydrogens (tertiary/aromatic N) is 1. The predicted molar refractivity (Wildman–Crippen MR) is 75.3 cm³/mol. The number of hydrogen-bond acceptors (Lipinski definition) is 2. The molecule has 1 aromatic rings. The largest absolute Gasteiger partial charge is 0.396 e. The summed E-state index contributed by atoms with van der Waals surface area (Å²) in [7, 11) is 0. The van der Waals surface area contributed by atoms with E-state index in [1.54, 1.807) is 0 Å². The van der Waals surface area contributed by atoms with Gasteiger partial charge in [0, 0.05) is 25.2 Å². The Morgan fingerprint density at radius 3 is 2.78 bits per heavy atom. The molecule has 2 heteroatoms. The normalized spacial score (nSPS) is 24.3. The zero-order valence-corrected chi connectivity index (χ0v) is 11.1. The van der Waals surface area contributed by atoms with Crippen LogP contribution in [0.1, 0.15) is 31.7 Å². The Morgan fingerprint density at radius 1 is 1.28 bits per heavy atom. The van der Waals surface area contributed by atoms with Crippen molar-refractivity contribution in [2.45, 2.75) is 44.8 Å². The van der Waals surface area contributed by atoms with Gasteiger partial charge in [0.25, 0.3) is 0 Å². The van der Waals surface area contributed by atoms with Crippen molar-refractivity contribution in [1.29, 1.82) is 0 Å². The average Bonchev–Trinajstić information content (AvgIpc) is 2.41. The Labute approximate surface area is 110 Å². The van der Waals surface area contributed by atoms with Crippen LogP contribution in [0.15, 0.2) is 42.5 Å². The second kappa shape index (κ2) is 6.72. The molecule has 0 amide bonds. The highest BCUT2D eigenvalue weighted by Crippen LogP contribution is 2.22. The molecule has 1 aliphatic rings. The van der Waals surface area contributed by atoms with E-state index in [2.05, 4.69) is 54.3 Å². The van der Waals surface area contributed by atoms with Crippen LogP contribution in [0.5, 0.6) is 0 Å². The van der Waals surface area contributed by atoms with Crippen LogP contribution < -0.4 is 0 Å². The smallest absolute Gasteiger partial charge is 0.0431 e. The molecule has 0 fully saturated rings. The van der Waals surface area contributed by atoms with Gasteiger partial charge in [-0.3, -0.25) is 4.90 Å². The van der Waals surface area contributed by atoms with Crippen molar-refractivity contribution in [1.82, 2.24) is 4.90 Å². The fourth-order valence-corrected chi connectivity index (χ4v) is 2.64. The van der Waals surface area contributed by atoms with Crippen LogP contribution in [0.25, 0.3) is 0 Å². The van der Waals surface area contributed by atoms with E-state index in [1.807, 2.05) is 0 Å². The minimum absolute atomic E-state index is 0.290. The lowest BCUT2D eigenvalue weighted by Gasteiger charge is -2.37. The Hall–Kier alpha value is -1.12. The fraction of sp³-hybridized carbons (Fsp3) is 0.500. The van der Waals surface area contributed by atoms with Crippen molar-refractivity contribution in [2.24, 2.45) is 0 Å². The second-order valence-electron chi connectivity index (χ2n) is 5.10. The van der Waals surface area contributed by atoms with Crippen molar-refractivity contribution in [3.05, 3.63) is 48.0 Å². The zero-order valence-electron chi connectivity index (χ0n) is 11.1. The van der Waals surface area contributed by atoms with Gasteiger partial charge in [-0.25, -0.2) is 0 Å². The molecule has 98 valence electrons. The molecule has 1 heterocycles. The van der Waals surface area contributed by atoms with Gasteiger partial charge in [-0.05, 0) is 31.7 Å².